The summed E-state index contributed by atoms with van der Waals surface area (Å²) < 4.78 is 1.88. The highest BCUT2D eigenvalue weighted by Gasteiger charge is 2.28. The SMILES string of the molecule is Cl.O=C(Nc1cccc(-c2nnnn2C2CC2)c1)C1CCNC1. The van der Waals surface area contributed by atoms with E-state index in [9.17, 15) is 4.79 Å². The molecule has 0 spiro atoms. The minimum absolute atomic E-state index is 0. The van der Waals surface area contributed by atoms with Gasteiger partial charge in [-0.2, -0.15) is 0 Å². The molecule has 2 aliphatic rings. The molecule has 0 radical (unpaired) electrons. The maximum Gasteiger partial charge on any atom is 0.228 e. The van der Waals surface area contributed by atoms with Crippen LogP contribution in [0.4, 0.5) is 5.69 Å². The number of benzene rings is 1. The van der Waals surface area contributed by atoms with Gasteiger partial charge in [-0.25, -0.2) is 4.68 Å². The molecule has 1 aliphatic heterocycles. The van der Waals surface area contributed by atoms with Gasteiger partial charge in [-0.3, -0.25) is 4.79 Å². The second-order valence-corrected chi connectivity index (χ2v) is 5.94. The fourth-order valence-corrected chi connectivity index (χ4v) is 2.81. The molecule has 2 aromatic rings. The van der Waals surface area contributed by atoms with Crippen LogP contribution in [0.2, 0.25) is 0 Å². The van der Waals surface area contributed by atoms with Crippen molar-refractivity contribution in [3.05, 3.63) is 24.3 Å². The Morgan fingerprint density at radius 1 is 1.30 bits per heavy atom. The maximum absolute atomic E-state index is 12.2. The first kappa shape index (κ1) is 15.9. The lowest BCUT2D eigenvalue weighted by molar-refractivity contribution is -0.119. The fraction of sp³-hybridized carbons (Fsp3) is 0.467. The molecule has 4 rings (SSSR count). The summed E-state index contributed by atoms with van der Waals surface area (Å²) in [6.45, 7) is 1.67. The molecular weight excluding hydrogens is 316 g/mol. The Balaban J connectivity index is 0.00000156. The molecule has 1 saturated carbocycles. The van der Waals surface area contributed by atoms with E-state index in [0.717, 1.165) is 49.4 Å². The van der Waals surface area contributed by atoms with Crippen LogP contribution >= 0.6 is 12.4 Å². The summed E-state index contributed by atoms with van der Waals surface area (Å²) >= 11 is 0. The number of tetrazole rings is 1. The van der Waals surface area contributed by atoms with Crippen molar-refractivity contribution in [3.8, 4) is 11.4 Å². The van der Waals surface area contributed by atoms with Gasteiger partial charge in [0.05, 0.1) is 12.0 Å². The predicted molar refractivity (Wildman–Crippen MR) is 88.4 cm³/mol. The van der Waals surface area contributed by atoms with E-state index in [1.807, 2.05) is 28.9 Å². The molecule has 1 aromatic heterocycles. The van der Waals surface area contributed by atoms with Crippen LogP contribution in [0.5, 0.6) is 0 Å². The summed E-state index contributed by atoms with van der Waals surface area (Å²) in [6, 6.07) is 8.15. The van der Waals surface area contributed by atoms with Crippen LogP contribution in [0, 0.1) is 5.92 Å². The zero-order valence-corrected chi connectivity index (χ0v) is 13.4. The molecule has 1 saturated heterocycles. The molecule has 2 heterocycles. The van der Waals surface area contributed by atoms with Gasteiger partial charge < -0.3 is 10.6 Å². The van der Waals surface area contributed by atoms with Crippen molar-refractivity contribution in [3.63, 3.8) is 0 Å². The van der Waals surface area contributed by atoms with E-state index in [1.54, 1.807) is 0 Å². The Morgan fingerprint density at radius 3 is 2.91 bits per heavy atom. The monoisotopic (exact) mass is 334 g/mol. The van der Waals surface area contributed by atoms with Gasteiger partial charge in [-0.05, 0) is 48.4 Å². The van der Waals surface area contributed by atoms with Gasteiger partial charge >= 0.3 is 0 Å². The van der Waals surface area contributed by atoms with Gasteiger partial charge in [0.1, 0.15) is 0 Å². The summed E-state index contributed by atoms with van der Waals surface area (Å²) in [7, 11) is 0. The normalized spacial score (nSPS) is 20.1. The van der Waals surface area contributed by atoms with Gasteiger partial charge in [-0.15, -0.1) is 17.5 Å². The van der Waals surface area contributed by atoms with Crippen molar-refractivity contribution in [2.45, 2.75) is 25.3 Å². The Labute approximate surface area is 140 Å². The van der Waals surface area contributed by atoms with Crippen LogP contribution < -0.4 is 10.6 Å². The van der Waals surface area contributed by atoms with E-state index < -0.39 is 0 Å². The second-order valence-electron chi connectivity index (χ2n) is 5.94. The molecule has 7 nitrogen and oxygen atoms in total. The van der Waals surface area contributed by atoms with Crippen molar-refractivity contribution in [2.24, 2.45) is 5.92 Å². The number of aromatic nitrogens is 4. The molecule has 1 aliphatic carbocycles. The van der Waals surface area contributed by atoms with Crippen LogP contribution in [0.25, 0.3) is 11.4 Å². The quantitative estimate of drug-likeness (QED) is 0.888. The molecule has 1 aromatic carbocycles. The number of amides is 1. The second kappa shape index (κ2) is 6.64. The molecule has 1 unspecified atom stereocenters. The van der Waals surface area contributed by atoms with Gasteiger partial charge in [0.2, 0.25) is 5.91 Å². The van der Waals surface area contributed by atoms with E-state index in [0.29, 0.717) is 6.04 Å². The highest BCUT2D eigenvalue weighted by molar-refractivity contribution is 5.93. The first-order valence-electron chi connectivity index (χ1n) is 7.71. The van der Waals surface area contributed by atoms with Gasteiger partial charge in [-0.1, -0.05) is 12.1 Å². The predicted octanol–water partition coefficient (Wildman–Crippen LogP) is 1.64. The van der Waals surface area contributed by atoms with Crippen LogP contribution in [0.3, 0.4) is 0 Å². The van der Waals surface area contributed by atoms with Crippen molar-refractivity contribution < 1.29 is 4.79 Å². The van der Waals surface area contributed by atoms with E-state index in [-0.39, 0.29) is 24.2 Å². The fourth-order valence-electron chi connectivity index (χ4n) is 2.81. The molecule has 23 heavy (non-hydrogen) atoms. The lowest BCUT2D eigenvalue weighted by Crippen LogP contribution is -2.24. The number of hydrogen-bond acceptors (Lipinski definition) is 5. The molecule has 0 bridgehead atoms. The molecule has 1 amide bonds. The van der Waals surface area contributed by atoms with Gasteiger partial charge in [0, 0.05) is 17.8 Å². The molecule has 1 atom stereocenters. The number of nitrogens with zero attached hydrogens (tertiary/aromatic N) is 4. The average molecular weight is 335 g/mol. The number of anilines is 1. The summed E-state index contributed by atoms with van der Waals surface area (Å²) in [4.78, 5) is 12.2. The number of nitrogens with one attached hydrogen (secondary N) is 2. The van der Waals surface area contributed by atoms with Crippen molar-refractivity contribution in [2.75, 3.05) is 18.4 Å². The van der Waals surface area contributed by atoms with Gasteiger partial charge in [0.25, 0.3) is 0 Å². The van der Waals surface area contributed by atoms with Crippen LogP contribution in [-0.2, 0) is 4.79 Å². The number of carbonyl (C=O) groups is 1. The topological polar surface area (TPSA) is 84.7 Å². The number of halogens is 1. The average Bonchev–Trinajstić information content (AvgIpc) is 3.05. The number of rotatable bonds is 4. The minimum Gasteiger partial charge on any atom is -0.326 e. The zero-order chi connectivity index (χ0) is 14.9. The summed E-state index contributed by atoms with van der Waals surface area (Å²) in [5.41, 5.74) is 1.72. The smallest absolute Gasteiger partial charge is 0.228 e. The third-order valence-corrected chi connectivity index (χ3v) is 4.20. The Kier molecular flexibility index (Phi) is 4.58. The van der Waals surface area contributed by atoms with Gasteiger partial charge in [0.15, 0.2) is 5.82 Å². The van der Waals surface area contributed by atoms with E-state index in [1.165, 1.54) is 0 Å². The first-order chi connectivity index (χ1) is 10.8. The first-order valence-corrected chi connectivity index (χ1v) is 7.71. The maximum atomic E-state index is 12.2. The summed E-state index contributed by atoms with van der Waals surface area (Å²) in [6.07, 6.45) is 3.15. The lowest BCUT2D eigenvalue weighted by atomic mass is 10.1. The Bertz CT molecular complexity index is 693. The molecule has 2 fully saturated rings. The standard InChI is InChI=1S/C15H18N6O.ClH/c22-15(11-6-7-16-9-11)17-12-3-1-2-10(8-12)14-18-19-20-21(14)13-4-5-13;/h1-3,8,11,13,16H,4-7,9H2,(H,17,22);1H. The van der Waals surface area contributed by atoms with Crippen molar-refractivity contribution in [1.29, 1.82) is 0 Å². The Hall–Kier alpha value is -1.99. The zero-order valence-electron chi connectivity index (χ0n) is 12.6. The van der Waals surface area contributed by atoms with E-state index in [4.69, 9.17) is 0 Å². The minimum atomic E-state index is 0. The number of carbonyl (C=O) groups excluding carboxylic acids is 1. The van der Waals surface area contributed by atoms with E-state index >= 15 is 0 Å². The number of hydrogen-bond donors (Lipinski definition) is 2. The Morgan fingerprint density at radius 2 is 2.17 bits per heavy atom. The van der Waals surface area contributed by atoms with E-state index in [2.05, 4.69) is 26.2 Å². The molecular formula is C15H19ClN6O. The van der Waals surface area contributed by atoms with Crippen molar-refractivity contribution >= 4 is 24.0 Å². The van der Waals surface area contributed by atoms with Crippen LogP contribution in [0.1, 0.15) is 25.3 Å². The van der Waals surface area contributed by atoms with Crippen LogP contribution in [-0.4, -0.2) is 39.2 Å². The molecule has 2 N–H and O–H groups in total. The summed E-state index contributed by atoms with van der Waals surface area (Å²) in [5.74, 6) is 0.894. The highest BCUT2D eigenvalue weighted by atomic mass is 35.5. The third kappa shape index (κ3) is 3.35. The molecule has 8 heteroatoms. The lowest BCUT2D eigenvalue weighted by Gasteiger charge is -2.11. The third-order valence-electron chi connectivity index (χ3n) is 4.20. The highest BCUT2D eigenvalue weighted by Crippen LogP contribution is 2.36. The summed E-state index contributed by atoms with van der Waals surface area (Å²) in [5, 5.41) is 18.2. The molecule has 122 valence electrons. The largest absolute Gasteiger partial charge is 0.326 e. The van der Waals surface area contributed by atoms with Crippen LogP contribution in [0.15, 0.2) is 24.3 Å². The van der Waals surface area contributed by atoms with Crippen molar-refractivity contribution in [1.82, 2.24) is 25.5 Å².